The minimum atomic E-state index is -0.488. The van der Waals surface area contributed by atoms with Crippen molar-refractivity contribution >= 4 is 51.9 Å². The van der Waals surface area contributed by atoms with Crippen molar-refractivity contribution in [2.75, 3.05) is 17.7 Å². The fourth-order valence-corrected chi connectivity index (χ4v) is 5.14. The van der Waals surface area contributed by atoms with E-state index in [-0.39, 0.29) is 18.3 Å². The van der Waals surface area contributed by atoms with Gasteiger partial charge in [0.05, 0.1) is 17.2 Å². The first-order valence-corrected chi connectivity index (χ1v) is 12.7. The molecule has 1 N–H and O–H groups in total. The predicted octanol–water partition coefficient (Wildman–Crippen LogP) is 4.59. The van der Waals surface area contributed by atoms with Gasteiger partial charge in [0, 0.05) is 11.4 Å². The molecule has 3 rings (SSSR count). The Morgan fingerprint density at radius 1 is 1.18 bits per heavy atom. The molecule has 8 nitrogen and oxygen atoms in total. The Morgan fingerprint density at radius 3 is 2.70 bits per heavy atom. The summed E-state index contributed by atoms with van der Waals surface area (Å²) in [6.07, 6.45) is 3.26. The number of esters is 1. The molecule has 0 saturated heterocycles. The molecule has 0 atom stereocenters. The van der Waals surface area contributed by atoms with Crippen LogP contribution in [0.15, 0.2) is 65.7 Å². The molecule has 33 heavy (non-hydrogen) atoms. The van der Waals surface area contributed by atoms with Crippen LogP contribution in [0.4, 0.5) is 5.13 Å². The Bertz CT molecular complexity index is 1130. The van der Waals surface area contributed by atoms with Gasteiger partial charge < -0.3 is 14.6 Å². The molecule has 2 heterocycles. The molecule has 1 amide bonds. The Balaban J connectivity index is 1.58. The molecule has 0 unspecified atom stereocenters. The van der Waals surface area contributed by atoms with Crippen LogP contribution in [-0.2, 0) is 21.8 Å². The van der Waals surface area contributed by atoms with E-state index >= 15 is 0 Å². The average molecular weight is 502 g/mol. The number of carbonyl (C=O) groups is 2. The molecule has 11 heteroatoms. The van der Waals surface area contributed by atoms with Gasteiger partial charge in [-0.3, -0.25) is 4.79 Å². The van der Waals surface area contributed by atoms with E-state index in [0.29, 0.717) is 33.2 Å². The molecule has 0 saturated carbocycles. The Morgan fingerprint density at radius 2 is 1.97 bits per heavy atom. The number of hydrogen-bond acceptors (Lipinski definition) is 9. The van der Waals surface area contributed by atoms with Gasteiger partial charge in [-0.25, -0.2) is 9.78 Å². The molecule has 172 valence electrons. The molecular formula is C22H23N5O3S3. The first-order valence-electron chi connectivity index (χ1n) is 9.90. The monoisotopic (exact) mass is 501 g/mol. The lowest BCUT2D eigenvalue weighted by atomic mass is 10.4. The predicted molar refractivity (Wildman–Crippen MR) is 133 cm³/mol. The van der Waals surface area contributed by atoms with Crippen molar-refractivity contribution < 1.29 is 14.3 Å². The molecule has 2 aromatic heterocycles. The Hall–Kier alpha value is -2.89. The van der Waals surface area contributed by atoms with Crippen molar-refractivity contribution in [2.45, 2.75) is 29.3 Å². The third kappa shape index (κ3) is 7.04. The highest BCUT2D eigenvalue weighted by Gasteiger charge is 2.19. The van der Waals surface area contributed by atoms with E-state index in [9.17, 15) is 9.59 Å². The van der Waals surface area contributed by atoms with Crippen LogP contribution in [0, 0.1) is 6.92 Å². The van der Waals surface area contributed by atoms with E-state index in [0.717, 1.165) is 22.1 Å². The molecule has 0 bridgehead atoms. The summed E-state index contributed by atoms with van der Waals surface area (Å²) in [5.41, 5.74) is 0.503. The summed E-state index contributed by atoms with van der Waals surface area (Å²) >= 11 is 4.02. The van der Waals surface area contributed by atoms with Crippen LogP contribution in [0.2, 0.25) is 0 Å². The van der Waals surface area contributed by atoms with Crippen molar-refractivity contribution in [1.82, 2.24) is 19.7 Å². The van der Waals surface area contributed by atoms with Gasteiger partial charge in [0.1, 0.15) is 17.3 Å². The molecule has 0 radical (unpaired) electrons. The topological polar surface area (TPSA) is 99.0 Å². The number of allylic oxidation sites excluding steroid dienone is 1. The molecule has 1 aromatic carbocycles. The van der Waals surface area contributed by atoms with Gasteiger partial charge in [0.2, 0.25) is 5.91 Å². The smallest absolute Gasteiger partial charge is 0.350 e. The van der Waals surface area contributed by atoms with Gasteiger partial charge in [-0.05, 0) is 19.1 Å². The van der Waals surface area contributed by atoms with E-state index in [2.05, 4.69) is 33.7 Å². The molecule has 0 aliphatic heterocycles. The van der Waals surface area contributed by atoms with Gasteiger partial charge in [-0.2, -0.15) is 0 Å². The lowest BCUT2D eigenvalue weighted by Gasteiger charge is -2.07. The van der Waals surface area contributed by atoms with Crippen LogP contribution in [0.1, 0.15) is 21.2 Å². The fourth-order valence-electron chi connectivity index (χ4n) is 2.63. The summed E-state index contributed by atoms with van der Waals surface area (Å²) in [6, 6.07) is 10.1. The fraction of sp³-hybridized carbons (Fsp3) is 0.227. The van der Waals surface area contributed by atoms with Crippen molar-refractivity contribution in [1.29, 1.82) is 0 Å². The Kier molecular flexibility index (Phi) is 9.28. The largest absolute Gasteiger partial charge is 0.457 e. The molecular weight excluding hydrogens is 478 g/mol. The number of carbonyl (C=O) groups excluding carboxylic acids is 2. The van der Waals surface area contributed by atoms with Crippen molar-refractivity contribution in [2.24, 2.45) is 0 Å². The van der Waals surface area contributed by atoms with Crippen molar-refractivity contribution in [3.8, 4) is 0 Å². The maximum absolute atomic E-state index is 12.5. The highest BCUT2D eigenvalue weighted by molar-refractivity contribution is 7.99. The molecule has 3 aromatic rings. The van der Waals surface area contributed by atoms with Crippen LogP contribution in [0.3, 0.4) is 0 Å². The number of thiazole rings is 1. The number of rotatable bonds is 12. The quantitative estimate of drug-likeness (QED) is 0.218. The van der Waals surface area contributed by atoms with Crippen LogP contribution >= 0.6 is 34.9 Å². The third-order valence-corrected chi connectivity index (χ3v) is 7.14. The second-order valence-electron chi connectivity index (χ2n) is 6.56. The highest BCUT2D eigenvalue weighted by Crippen LogP contribution is 2.26. The van der Waals surface area contributed by atoms with E-state index < -0.39 is 5.97 Å². The number of nitrogens with zero attached hydrogens (tertiary/aromatic N) is 4. The van der Waals surface area contributed by atoms with Gasteiger partial charge >= 0.3 is 5.97 Å². The maximum atomic E-state index is 12.5. The third-order valence-electron chi connectivity index (χ3n) is 4.11. The van der Waals surface area contributed by atoms with Crippen LogP contribution < -0.4 is 5.32 Å². The summed E-state index contributed by atoms with van der Waals surface area (Å²) in [5.74, 6) is 0.840. The van der Waals surface area contributed by atoms with E-state index in [4.69, 9.17) is 4.74 Å². The molecule has 0 aliphatic carbocycles. The number of aromatic nitrogens is 4. The molecule has 0 fully saturated rings. The number of benzene rings is 1. The lowest BCUT2D eigenvalue weighted by molar-refractivity contribution is -0.113. The van der Waals surface area contributed by atoms with Crippen LogP contribution in [-0.4, -0.2) is 44.0 Å². The zero-order valence-electron chi connectivity index (χ0n) is 18.0. The Labute approximate surface area is 204 Å². The number of amides is 1. The van der Waals surface area contributed by atoms with E-state index in [1.54, 1.807) is 24.8 Å². The minimum Gasteiger partial charge on any atom is -0.457 e. The van der Waals surface area contributed by atoms with Crippen molar-refractivity contribution in [3.63, 3.8) is 0 Å². The molecule has 0 spiro atoms. The second-order valence-corrected chi connectivity index (χ2v) is 9.55. The standard InChI is InChI=1S/C22H23N5O3S3/c1-4-11-27-17(13-31-16-9-7-6-8-10-16)25-26-22(27)32-14-18(28)24-21-23-15(3)19(33-21)20(29)30-12-5-2/h4-10H,1-2,11-14H2,3H3,(H,23,24,28). The van der Waals surface area contributed by atoms with Gasteiger partial charge in [-0.15, -0.1) is 28.5 Å². The highest BCUT2D eigenvalue weighted by atomic mass is 32.2. The first kappa shape index (κ1) is 24.7. The maximum Gasteiger partial charge on any atom is 0.350 e. The summed E-state index contributed by atoms with van der Waals surface area (Å²) in [5, 5.41) is 12.2. The SMILES string of the molecule is C=CCOC(=O)c1sc(NC(=O)CSc2nnc(CSc3ccccc3)n2CC=C)nc1C. The summed E-state index contributed by atoms with van der Waals surface area (Å²) in [4.78, 5) is 30.2. The van der Waals surface area contributed by atoms with Crippen LogP contribution in [0.25, 0.3) is 0 Å². The molecule has 0 aliphatic rings. The van der Waals surface area contributed by atoms with Gasteiger partial charge in [0.15, 0.2) is 10.3 Å². The number of hydrogen-bond donors (Lipinski definition) is 1. The lowest BCUT2D eigenvalue weighted by Crippen LogP contribution is -2.14. The minimum absolute atomic E-state index is 0.117. The number of anilines is 1. The van der Waals surface area contributed by atoms with E-state index in [1.165, 1.54) is 17.8 Å². The zero-order valence-corrected chi connectivity index (χ0v) is 20.5. The second kappa shape index (κ2) is 12.4. The first-order chi connectivity index (χ1) is 16.0. The normalized spacial score (nSPS) is 10.6. The van der Waals surface area contributed by atoms with Gasteiger partial charge in [-0.1, -0.05) is 60.0 Å². The van der Waals surface area contributed by atoms with Gasteiger partial charge in [0.25, 0.3) is 0 Å². The summed E-state index contributed by atoms with van der Waals surface area (Å²) in [7, 11) is 0. The summed E-state index contributed by atoms with van der Waals surface area (Å²) < 4.78 is 6.98. The zero-order chi connectivity index (χ0) is 23.6. The number of nitrogens with one attached hydrogen (secondary N) is 1. The average Bonchev–Trinajstić information content (AvgIpc) is 3.38. The van der Waals surface area contributed by atoms with E-state index in [1.807, 2.05) is 34.9 Å². The summed E-state index contributed by atoms with van der Waals surface area (Å²) in [6.45, 7) is 9.68. The van der Waals surface area contributed by atoms with Crippen LogP contribution in [0.5, 0.6) is 0 Å². The van der Waals surface area contributed by atoms with Crippen molar-refractivity contribution in [3.05, 3.63) is 72.0 Å². The number of thioether (sulfide) groups is 2. The number of ether oxygens (including phenoxy) is 1. The number of aryl methyl sites for hydroxylation is 1.